The van der Waals surface area contributed by atoms with Gasteiger partial charge in [0.05, 0.1) is 13.1 Å². The Labute approximate surface area is 94.5 Å². The number of ether oxygens (including phenoxy) is 1. The van der Waals surface area contributed by atoms with Gasteiger partial charge in [0.25, 0.3) is 0 Å². The van der Waals surface area contributed by atoms with Gasteiger partial charge in [0.2, 0.25) is 0 Å². The molecule has 3 nitrogen and oxygen atoms in total. The summed E-state index contributed by atoms with van der Waals surface area (Å²) in [6.45, 7) is 4.58. The largest absolute Gasteiger partial charge is 0.444 e. The first-order valence-electron chi connectivity index (χ1n) is 5.30. The van der Waals surface area contributed by atoms with Gasteiger partial charge in [0.1, 0.15) is 5.60 Å². The Morgan fingerprint density at radius 2 is 2.21 bits per heavy atom. The van der Waals surface area contributed by atoms with E-state index in [1.165, 1.54) is 0 Å². The molecule has 14 heavy (non-hydrogen) atoms. The minimum absolute atomic E-state index is 0.292. The molecule has 1 aliphatic heterocycles. The van der Waals surface area contributed by atoms with E-state index in [4.69, 9.17) is 7.48 Å². The minimum atomic E-state index is -2.13. The molecule has 0 spiro atoms. The number of rotatable bonds is 1. The van der Waals surface area contributed by atoms with Gasteiger partial charge in [0, 0.05) is 8.02 Å². The quantitative estimate of drug-likeness (QED) is 0.684. The molecule has 0 aromatic rings. The van der Waals surface area contributed by atoms with Crippen molar-refractivity contribution in [2.45, 2.75) is 32.0 Å². The number of carbonyl (C=O) groups is 1. The van der Waals surface area contributed by atoms with Gasteiger partial charge in [0.15, 0.2) is 5.67 Å². The molecule has 1 fully saturated rings. The molecular weight excluding hydrogens is 253 g/mol. The first kappa shape index (κ1) is 8.95. The van der Waals surface area contributed by atoms with Crippen LogP contribution in [0.25, 0.3) is 0 Å². The number of amides is 1. The van der Waals surface area contributed by atoms with Crippen molar-refractivity contribution in [3.63, 3.8) is 0 Å². The second kappa shape index (κ2) is 3.68. The molecule has 0 aliphatic carbocycles. The highest BCUT2D eigenvalue weighted by Crippen LogP contribution is 2.28. The van der Waals surface area contributed by atoms with Crippen LogP contribution in [0.4, 0.5) is 9.18 Å². The molecule has 1 saturated heterocycles. The maximum atomic E-state index is 13.8. The SMILES string of the molecule is [2H]C([2H])(Br)C1(F)CN(C(=O)OC(C)(C)C)C1. The number of nitrogens with zero attached hydrogens (tertiary/aromatic N) is 1. The van der Waals surface area contributed by atoms with Crippen LogP contribution in [0.3, 0.4) is 0 Å². The third-order valence-electron chi connectivity index (χ3n) is 1.70. The zero-order valence-corrected chi connectivity index (χ0v) is 10.0. The molecule has 1 rings (SSSR count). The minimum Gasteiger partial charge on any atom is -0.444 e. The van der Waals surface area contributed by atoms with Gasteiger partial charge in [-0.15, -0.1) is 0 Å². The van der Waals surface area contributed by atoms with E-state index in [-0.39, 0.29) is 13.1 Å². The Kier molecular flexibility index (Phi) is 2.35. The average molecular weight is 270 g/mol. The number of likely N-dealkylation sites (tertiary alicyclic amines) is 1. The zero-order chi connectivity index (χ0) is 12.8. The molecule has 1 amide bonds. The highest BCUT2D eigenvalue weighted by Gasteiger charge is 2.46. The molecule has 0 radical (unpaired) electrons. The monoisotopic (exact) mass is 269 g/mol. The van der Waals surface area contributed by atoms with E-state index in [1.807, 2.05) is 0 Å². The average Bonchev–Trinajstić information content (AvgIpc) is 1.92. The number of hydrogen-bond acceptors (Lipinski definition) is 2. The van der Waals surface area contributed by atoms with Crippen LogP contribution in [0.5, 0.6) is 0 Å². The Hall–Kier alpha value is -0.320. The zero-order valence-electron chi connectivity index (χ0n) is 10.4. The van der Waals surface area contributed by atoms with Crippen molar-refractivity contribution >= 4 is 22.0 Å². The molecule has 0 aromatic carbocycles. The van der Waals surface area contributed by atoms with Crippen molar-refractivity contribution < 1.29 is 16.7 Å². The van der Waals surface area contributed by atoms with E-state index < -0.39 is 22.6 Å². The standard InChI is InChI=1S/C9H15BrFNO2/c1-8(2,3)14-7(13)12-5-9(11,4-10)6-12/h4-6H2,1-3H3/i4D2. The number of carbonyl (C=O) groups excluding carboxylic acids is 1. The second-order valence-corrected chi connectivity index (χ2v) is 4.79. The Balaban J connectivity index is 2.51. The van der Waals surface area contributed by atoms with Gasteiger partial charge in [-0.3, -0.25) is 0 Å². The molecule has 5 heteroatoms. The molecular formula is C9H15BrFNO2. The van der Waals surface area contributed by atoms with Crippen molar-refractivity contribution in [1.82, 2.24) is 4.90 Å². The van der Waals surface area contributed by atoms with Crippen molar-refractivity contribution in [2.24, 2.45) is 0 Å². The summed E-state index contributed by atoms with van der Waals surface area (Å²) in [6, 6.07) is 0. The van der Waals surface area contributed by atoms with Crippen LogP contribution in [0.1, 0.15) is 23.5 Å². The van der Waals surface area contributed by atoms with Crippen LogP contribution >= 0.6 is 15.9 Å². The predicted octanol–water partition coefficient (Wildman–Crippen LogP) is 2.34. The van der Waals surface area contributed by atoms with Crippen LogP contribution in [-0.4, -0.2) is 40.6 Å². The maximum Gasteiger partial charge on any atom is 0.410 e. The Morgan fingerprint density at radius 3 is 2.57 bits per heavy atom. The lowest BCUT2D eigenvalue weighted by Gasteiger charge is -2.43. The lowest BCUT2D eigenvalue weighted by atomic mass is 10.00. The van der Waals surface area contributed by atoms with E-state index in [0.717, 1.165) is 4.90 Å². The van der Waals surface area contributed by atoms with Crippen LogP contribution in [0.2, 0.25) is 0 Å². The summed E-state index contributed by atoms with van der Waals surface area (Å²) >= 11 is 2.63. The highest BCUT2D eigenvalue weighted by molar-refractivity contribution is 9.09. The lowest BCUT2D eigenvalue weighted by Crippen LogP contribution is -2.62. The van der Waals surface area contributed by atoms with E-state index in [2.05, 4.69) is 15.9 Å². The van der Waals surface area contributed by atoms with Crippen molar-refractivity contribution in [3.8, 4) is 0 Å². The number of hydrogen-bond donors (Lipinski definition) is 0. The van der Waals surface area contributed by atoms with Crippen LogP contribution in [-0.2, 0) is 4.74 Å². The second-order valence-electron chi connectivity index (χ2n) is 4.40. The van der Waals surface area contributed by atoms with Gasteiger partial charge in [-0.25, -0.2) is 9.18 Å². The fourth-order valence-electron chi connectivity index (χ4n) is 1.07. The topological polar surface area (TPSA) is 29.5 Å². The van der Waals surface area contributed by atoms with E-state index in [0.29, 0.717) is 0 Å². The Bertz CT molecular complexity index is 295. The van der Waals surface area contributed by atoms with Crippen molar-refractivity contribution in [1.29, 1.82) is 0 Å². The molecule has 0 N–H and O–H groups in total. The molecule has 0 atom stereocenters. The van der Waals surface area contributed by atoms with Crippen molar-refractivity contribution in [2.75, 3.05) is 18.4 Å². The van der Waals surface area contributed by atoms with Gasteiger partial charge < -0.3 is 9.64 Å². The summed E-state index contributed by atoms with van der Waals surface area (Å²) < 4.78 is 33.3. The van der Waals surface area contributed by atoms with Crippen LogP contribution in [0, 0.1) is 0 Å². The summed E-state index contributed by atoms with van der Waals surface area (Å²) in [7, 11) is 0. The van der Waals surface area contributed by atoms with Crippen LogP contribution < -0.4 is 0 Å². The summed E-state index contributed by atoms with van der Waals surface area (Å²) in [5.74, 6) is 0. The van der Waals surface area contributed by atoms with Crippen molar-refractivity contribution in [3.05, 3.63) is 0 Å². The smallest absolute Gasteiger partial charge is 0.410 e. The van der Waals surface area contributed by atoms with Gasteiger partial charge in [-0.1, -0.05) is 15.9 Å². The van der Waals surface area contributed by atoms with Gasteiger partial charge in [-0.2, -0.15) is 0 Å². The molecule has 0 aromatic heterocycles. The molecule has 1 aliphatic rings. The fourth-order valence-corrected chi connectivity index (χ4v) is 1.32. The predicted molar refractivity (Wildman–Crippen MR) is 55.4 cm³/mol. The fraction of sp³-hybridized carbons (Fsp3) is 0.889. The number of alkyl halides is 2. The highest BCUT2D eigenvalue weighted by atomic mass is 79.9. The molecule has 0 unspecified atom stereocenters. The molecule has 0 saturated carbocycles. The van der Waals surface area contributed by atoms with E-state index >= 15 is 0 Å². The summed E-state index contributed by atoms with van der Waals surface area (Å²) in [5, 5.41) is -2.13. The summed E-state index contributed by atoms with van der Waals surface area (Å²) in [4.78, 5) is 12.6. The molecule has 82 valence electrons. The normalized spacial score (nSPS) is 23.4. The first-order valence-corrected chi connectivity index (χ1v) is 5.10. The van der Waals surface area contributed by atoms with E-state index in [1.54, 1.807) is 20.8 Å². The van der Waals surface area contributed by atoms with Gasteiger partial charge in [-0.05, 0) is 20.8 Å². The first-order chi connectivity index (χ1) is 6.95. The third-order valence-corrected chi connectivity index (χ3v) is 2.41. The summed E-state index contributed by atoms with van der Waals surface area (Å²) in [5.41, 5.74) is -2.66. The number of halogens is 2. The Morgan fingerprint density at radius 1 is 1.71 bits per heavy atom. The molecule has 1 heterocycles. The third kappa shape index (κ3) is 2.83. The van der Waals surface area contributed by atoms with E-state index in [9.17, 15) is 9.18 Å². The molecule has 0 bridgehead atoms. The van der Waals surface area contributed by atoms with Crippen LogP contribution in [0.15, 0.2) is 0 Å². The maximum absolute atomic E-state index is 13.8. The summed E-state index contributed by atoms with van der Waals surface area (Å²) in [6.07, 6.45) is -0.613. The lowest BCUT2D eigenvalue weighted by molar-refractivity contribution is -0.0396. The van der Waals surface area contributed by atoms with Gasteiger partial charge >= 0.3 is 6.09 Å².